The average Bonchev–Trinajstić information content (AvgIpc) is 2.52. The number of nitrogens with zero attached hydrogens (tertiary/aromatic N) is 1. The van der Waals surface area contributed by atoms with Gasteiger partial charge in [-0.1, -0.05) is 43.3 Å². The van der Waals surface area contributed by atoms with E-state index in [0.29, 0.717) is 34.5 Å². The third kappa shape index (κ3) is 2.04. The Morgan fingerprint density at radius 1 is 0.905 bits per heavy atom. The molecular weight excluding hydrogens is 264 g/mol. The standard InChI is InChI=1S/C17H16N2O2/c1-2-10-19(18)14-9-5-8-13-15(14)17(21)12-7-4-3-6-11(12)16(13)20/h3-9H,2,10,18H2,1H3. The Labute approximate surface area is 123 Å². The summed E-state index contributed by atoms with van der Waals surface area (Å²) in [5.41, 5.74) is 2.38. The Bertz CT molecular complexity index is 737. The van der Waals surface area contributed by atoms with E-state index >= 15 is 0 Å². The summed E-state index contributed by atoms with van der Waals surface area (Å²) in [4.78, 5) is 25.3. The molecule has 106 valence electrons. The molecule has 1 aliphatic rings. The van der Waals surface area contributed by atoms with Gasteiger partial charge in [0, 0.05) is 23.2 Å². The van der Waals surface area contributed by atoms with Crippen LogP contribution in [0.4, 0.5) is 5.69 Å². The molecule has 2 aromatic carbocycles. The van der Waals surface area contributed by atoms with Gasteiger partial charge in [0.05, 0.1) is 11.3 Å². The molecule has 2 N–H and O–H groups in total. The van der Waals surface area contributed by atoms with Gasteiger partial charge in [-0.05, 0) is 12.5 Å². The third-order valence-electron chi connectivity index (χ3n) is 3.70. The maximum atomic E-state index is 12.7. The number of hydrogen-bond acceptors (Lipinski definition) is 4. The van der Waals surface area contributed by atoms with Crippen LogP contribution in [-0.4, -0.2) is 18.1 Å². The van der Waals surface area contributed by atoms with Crippen LogP contribution in [-0.2, 0) is 0 Å². The molecule has 0 aliphatic heterocycles. The monoisotopic (exact) mass is 280 g/mol. The van der Waals surface area contributed by atoms with Crippen molar-refractivity contribution in [2.45, 2.75) is 13.3 Å². The summed E-state index contributed by atoms with van der Waals surface area (Å²) in [6, 6.07) is 12.2. The molecular formula is C17H16N2O2. The molecule has 0 atom stereocenters. The van der Waals surface area contributed by atoms with Crippen molar-refractivity contribution < 1.29 is 9.59 Å². The Kier molecular flexibility index (Phi) is 3.31. The predicted octanol–water partition coefficient (Wildman–Crippen LogP) is 2.55. The van der Waals surface area contributed by atoms with E-state index in [2.05, 4.69) is 0 Å². The van der Waals surface area contributed by atoms with Crippen molar-refractivity contribution in [3.63, 3.8) is 0 Å². The van der Waals surface area contributed by atoms with Crippen molar-refractivity contribution in [1.29, 1.82) is 0 Å². The predicted molar refractivity (Wildman–Crippen MR) is 81.6 cm³/mol. The van der Waals surface area contributed by atoms with Crippen LogP contribution in [0, 0.1) is 0 Å². The van der Waals surface area contributed by atoms with Crippen molar-refractivity contribution in [2.75, 3.05) is 11.6 Å². The van der Waals surface area contributed by atoms with Gasteiger partial charge < -0.3 is 5.01 Å². The van der Waals surface area contributed by atoms with Gasteiger partial charge in [-0.2, -0.15) is 0 Å². The molecule has 21 heavy (non-hydrogen) atoms. The van der Waals surface area contributed by atoms with Crippen molar-refractivity contribution in [3.05, 3.63) is 64.7 Å². The minimum absolute atomic E-state index is 0.119. The van der Waals surface area contributed by atoms with Crippen molar-refractivity contribution in [2.24, 2.45) is 5.84 Å². The summed E-state index contributed by atoms with van der Waals surface area (Å²) >= 11 is 0. The molecule has 1 aliphatic carbocycles. The molecule has 0 heterocycles. The van der Waals surface area contributed by atoms with Crippen molar-refractivity contribution in [3.8, 4) is 0 Å². The zero-order valence-corrected chi connectivity index (χ0v) is 11.8. The minimum Gasteiger partial charge on any atom is -0.310 e. The van der Waals surface area contributed by atoms with Crippen LogP contribution in [0.25, 0.3) is 0 Å². The fourth-order valence-corrected chi connectivity index (χ4v) is 2.73. The van der Waals surface area contributed by atoms with Gasteiger partial charge in [-0.15, -0.1) is 0 Å². The average molecular weight is 280 g/mol. The fourth-order valence-electron chi connectivity index (χ4n) is 2.73. The topological polar surface area (TPSA) is 63.4 Å². The molecule has 2 aromatic rings. The van der Waals surface area contributed by atoms with Gasteiger partial charge in [-0.25, -0.2) is 5.84 Å². The Balaban J connectivity index is 2.21. The number of anilines is 1. The third-order valence-corrected chi connectivity index (χ3v) is 3.70. The molecule has 0 bridgehead atoms. The molecule has 0 radical (unpaired) electrons. The molecule has 3 rings (SSSR count). The second kappa shape index (κ2) is 5.14. The summed E-state index contributed by atoms with van der Waals surface area (Å²) < 4.78 is 0. The van der Waals surface area contributed by atoms with Crippen molar-refractivity contribution >= 4 is 17.3 Å². The molecule has 0 unspecified atom stereocenters. The first-order chi connectivity index (χ1) is 10.1. The first kappa shape index (κ1) is 13.5. The highest BCUT2D eigenvalue weighted by atomic mass is 16.1. The number of benzene rings is 2. The number of ketones is 2. The van der Waals surface area contributed by atoms with E-state index in [1.54, 1.807) is 42.5 Å². The van der Waals surface area contributed by atoms with Crippen LogP contribution in [0.15, 0.2) is 42.5 Å². The second-order valence-corrected chi connectivity index (χ2v) is 5.10. The van der Waals surface area contributed by atoms with Crippen LogP contribution in [0.2, 0.25) is 0 Å². The van der Waals surface area contributed by atoms with E-state index in [0.717, 1.165) is 6.42 Å². The lowest BCUT2D eigenvalue weighted by molar-refractivity contribution is 0.0979. The molecule has 0 fully saturated rings. The van der Waals surface area contributed by atoms with Crippen LogP contribution < -0.4 is 10.9 Å². The molecule has 0 amide bonds. The maximum Gasteiger partial charge on any atom is 0.196 e. The van der Waals surface area contributed by atoms with Gasteiger partial charge in [0.1, 0.15) is 0 Å². The molecule has 0 saturated heterocycles. The number of hydrazine groups is 1. The number of fused-ring (bicyclic) bond motifs is 2. The normalized spacial score (nSPS) is 12.9. The summed E-state index contributed by atoms with van der Waals surface area (Å²) in [6.07, 6.45) is 0.860. The van der Waals surface area contributed by atoms with Crippen LogP contribution in [0.3, 0.4) is 0 Å². The lowest BCUT2D eigenvalue weighted by Crippen LogP contribution is -2.34. The van der Waals surface area contributed by atoms with Crippen molar-refractivity contribution in [1.82, 2.24) is 0 Å². The van der Waals surface area contributed by atoms with Gasteiger partial charge in [0.25, 0.3) is 0 Å². The summed E-state index contributed by atoms with van der Waals surface area (Å²) in [7, 11) is 0. The second-order valence-electron chi connectivity index (χ2n) is 5.10. The van der Waals surface area contributed by atoms with E-state index < -0.39 is 0 Å². The Morgan fingerprint density at radius 2 is 1.52 bits per heavy atom. The zero-order chi connectivity index (χ0) is 15.0. The lowest BCUT2D eigenvalue weighted by Gasteiger charge is -2.25. The Hall–Kier alpha value is -2.46. The number of rotatable bonds is 3. The SMILES string of the molecule is CCCN(N)c1cccc2c1C(=O)c1ccccc1C2=O. The number of nitrogens with two attached hydrogens (primary N) is 1. The summed E-state index contributed by atoms with van der Waals surface area (Å²) in [6.45, 7) is 2.64. The van der Waals surface area contributed by atoms with Gasteiger partial charge in [-0.3, -0.25) is 9.59 Å². The number of carbonyl (C=O) groups is 2. The van der Waals surface area contributed by atoms with Gasteiger partial charge in [0.15, 0.2) is 11.6 Å². The smallest absolute Gasteiger partial charge is 0.196 e. The van der Waals surface area contributed by atoms with E-state index in [1.165, 1.54) is 5.01 Å². The van der Waals surface area contributed by atoms with Crippen LogP contribution in [0.5, 0.6) is 0 Å². The summed E-state index contributed by atoms with van der Waals surface area (Å²) in [5, 5.41) is 1.54. The van der Waals surface area contributed by atoms with Crippen LogP contribution >= 0.6 is 0 Å². The van der Waals surface area contributed by atoms with E-state index in [9.17, 15) is 9.59 Å². The Morgan fingerprint density at radius 3 is 2.19 bits per heavy atom. The maximum absolute atomic E-state index is 12.7. The quantitative estimate of drug-likeness (QED) is 0.591. The highest BCUT2D eigenvalue weighted by molar-refractivity contribution is 6.30. The fraction of sp³-hybridized carbons (Fsp3) is 0.176. The highest BCUT2D eigenvalue weighted by Gasteiger charge is 2.32. The summed E-state index contributed by atoms with van der Waals surface area (Å²) in [5.74, 6) is 5.77. The molecule has 0 aromatic heterocycles. The molecule has 0 spiro atoms. The lowest BCUT2D eigenvalue weighted by atomic mass is 9.83. The largest absolute Gasteiger partial charge is 0.310 e. The zero-order valence-electron chi connectivity index (χ0n) is 11.8. The number of hydrogen-bond donors (Lipinski definition) is 1. The molecule has 4 nitrogen and oxygen atoms in total. The van der Waals surface area contributed by atoms with Gasteiger partial charge in [0.2, 0.25) is 0 Å². The van der Waals surface area contributed by atoms with Gasteiger partial charge >= 0.3 is 0 Å². The van der Waals surface area contributed by atoms with E-state index in [1.807, 2.05) is 6.92 Å². The minimum atomic E-state index is -0.137. The van der Waals surface area contributed by atoms with E-state index in [4.69, 9.17) is 5.84 Å². The van der Waals surface area contributed by atoms with Crippen LogP contribution in [0.1, 0.15) is 45.2 Å². The molecule has 4 heteroatoms. The van der Waals surface area contributed by atoms with E-state index in [-0.39, 0.29) is 11.6 Å². The highest BCUT2D eigenvalue weighted by Crippen LogP contribution is 2.32. The molecule has 0 saturated carbocycles. The first-order valence-electron chi connectivity index (χ1n) is 6.98. The number of carbonyl (C=O) groups excluding carboxylic acids is 2. The first-order valence-corrected chi connectivity index (χ1v) is 6.98.